The fourth-order valence-corrected chi connectivity index (χ4v) is 12.7. The Morgan fingerprint density at radius 3 is 1.39 bits per heavy atom. The van der Waals surface area contributed by atoms with Gasteiger partial charge in [-0.1, -0.05) is 60.7 Å². The minimum Gasteiger partial charge on any atom is -0.457 e. The van der Waals surface area contributed by atoms with Crippen molar-refractivity contribution in [2.24, 2.45) is 0 Å². The molecule has 0 N–H and O–H groups in total. The Morgan fingerprint density at radius 1 is 0.561 bits per heavy atom. The smallest absolute Gasteiger partial charge is 0.367 e. The van der Waals surface area contributed by atoms with Gasteiger partial charge < -0.3 is 14.2 Å². The molecule has 4 aromatic heterocycles. The van der Waals surface area contributed by atoms with E-state index in [0.717, 1.165) is 45.3 Å². The van der Waals surface area contributed by atoms with E-state index in [4.69, 9.17) is 14.2 Å². The molecular formula is C47H20F4N2O9S4. The maximum atomic E-state index is 15.0. The molecule has 8 aromatic rings. The monoisotopic (exact) mass is 960 g/mol. The van der Waals surface area contributed by atoms with Crippen molar-refractivity contribution in [3.8, 4) is 15.5 Å². The third kappa shape index (κ3) is 6.40. The third-order valence-electron chi connectivity index (χ3n) is 10.9. The van der Waals surface area contributed by atoms with E-state index >= 15 is 0 Å². The molecule has 3 aliphatic rings. The molecule has 11 nitrogen and oxygen atoms in total. The van der Waals surface area contributed by atoms with Crippen LogP contribution in [0.5, 0.6) is 5.75 Å². The van der Waals surface area contributed by atoms with E-state index < -0.39 is 69.5 Å². The minimum absolute atomic E-state index is 0.000370. The van der Waals surface area contributed by atoms with Gasteiger partial charge in [0.25, 0.3) is 0 Å². The molecule has 4 aromatic carbocycles. The van der Waals surface area contributed by atoms with Crippen LogP contribution in [-0.2, 0) is 37.9 Å². The standard InChI is InChI=1S/C47H20F4N2O9S4/c48-27-11-21-22(12-28(27)49)35(55)25(34(21)54)15-31-52-43-40(63-31)33-39(65-43)41-38(42-44(66-41)53-32(64-42)16-26-36(56)23-13-29(50)30(51)14-24(23)37(26)57)62-47(33,45(58)60-17-19-7-3-1-4-8-19)46(59)61-18-20-9-5-2-6-10-20/h1-16H,17-18H2. The lowest BCUT2D eigenvalue weighted by atomic mass is 9.91. The normalized spacial score (nSPS) is 14.6. The molecule has 0 amide bonds. The van der Waals surface area contributed by atoms with Crippen molar-refractivity contribution >= 4 is 112 Å². The van der Waals surface area contributed by atoms with Gasteiger partial charge in [-0.25, -0.2) is 37.1 Å². The predicted molar refractivity (Wildman–Crippen MR) is 235 cm³/mol. The summed E-state index contributed by atoms with van der Waals surface area (Å²) < 4.78 is 75.5. The quantitative estimate of drug-likeness (QED) is 0.0470. The van der Waals surface area contributed by atoms with Gasteiger partial charge in [0, 0.05) is 22.3 Å². The van der Waals surface area contributed by atoms with Crippen LogP contribution in [-0.4, -0.2) is 45.0 Å². The molecule has 1 aliphatic heterocycles. The Balaban J connectivity index is 1.06. The Labute approximate surface area is 382 Å². The van der Waals surface area contributed by atoms with Crippen molar-refractivity contribution < 1.29 is 60.5 Å². The Hall–Kier alpha value is -7.32. The molecule has 324 valence electrons. The third-order valence-corrected chi connectivity index (χ3v) is 15.5. The zero-order valence-electron chi connectivity index (χ0n) is 32.9. The summed E-state index contributed by atoms with van der Waals surface area (Å²) in [7, 11) is 0. The molecule has 0 radical (unpaired) electrons. The average Bonchev–Trinajstić information content (AvgIpc) is 4.14. The molecule has 19 heteroatoms. The minimum atomic E-state index is -2.70. The number of ketones is 4. The van der Waals surface area contributed by atoms with Gasteiger partial charge >= 0.3 is 17.5 Å². The summed E-state index contributed by atoms with van der Waals surface area (Å²) >= 11 is 4.02. The summed E-state index contributed by atoms with van der Waals surface area (Å²) in [4.78, 5) is 93.7. The number of nitrogens with zero attached hydrogens (tertiary/aromatic N) is 2. The number of carbonyl (C=O) groups is 6. The van der Waals surface area contributed by atoms with Crippen molar-refractivity contribution in [3.63, 3.8) is 0 Å². The maximum absolute atomic E-state index is 15.0. The van der Waals surface area contributed by atoms with Crippen LogP contribution < -0.4 is 4.74 Å². The molecular weight excluding hydrogens is 941 g/mol. The number of aromatic nitrogens is 2. The van der Waals surface area contributed by atoms with E-state index in [-0.39, 0.29) is 71.9 Å². The fourth-order valence-electron chi connectivity index (χ4n) is 7.79. The molecule has 0 bridgehead atoms. The molecule has 0 fully saturated rings. The molecule has 0 unspecified atom stereocenters. The van der Waals surface area contributed by atoms with Crippen LogP contribution in [0.2, 0.25) is 0 Å². The van der Waals surface area contributed by atoms with Crippen LogP contribution in [0.3, 0.4) is 0 Å². The van der Waals surface area contributed by atoms with Gasteiger partial charge in [-0.15, -0.1) is 45.3 Å². The zero-order chi connectivity index (χ0) is 45.8. The van der Waals surface area contributed by atoms with Gasteiger partial charge in [0.1, 0.15) is 37.6 Å². The number of allylic oxidation sites excluding steroid dienone is 2. The first-order chi connectivity index (χ1) is 31.8. The summed E-state index contributed by atoms with van der Waals surface area (Å²) in [6.07, 6.45) is 2.37. The summed E-state index contributed by atoms with van der Waals surface area (Å²) in [5.74, 6) is -10.9. The molecule has 0 spiro atoms. The van der Waals surface area contributed by atoms with E-state index in [1.165, 1.54) is 12.2 Å². The number of carbonyl (C=O) groups excluding carboxylic acids is 6. The van der Waals surface area contributed by atoms with E-state index in [1.807, 2.05) is 0 Å². The molecule has 5 heterocycles. The van der Waals surface area contributed by atoms with Crippen LogP contribution in [0.15, 0.2) is 96.1 Å². The highest BCUT2D eigenvalue weighted by Crippen LogP contribution is 2.60. The van der Waals surface area contributed by atoms with Gasteiger partial charge in [-0.05, 0) is 47.5 Å². The van der Waals surface area contributed by atoms with Crippen LogP contribution in [0.25, 0.3) is 41.0 Å². The molecule has 0 atom stereocenters. The number of thiazole rings is 2. The number of fused-ring (bicyclic) bond motifs is 9. The van der Waals surface area contributed by atoms with Crippen molar-refractivity contribution in [1.82, 2.24) is 9.97 Å². The van der Waals surface area contributed by atoms with Gasteiger partial charge in [-0.3, -0.25) is 19.2 Å². The second-order valence-electron chi connectivity index (χ2n) is 14.9. The van der Waals surface area contributed by atoms with Gasteiger partial charge in [0.2, 0.25) is 0 Å². The number of Topliss-reactive ketones (excluding diaryl/α,β-unsaturated/α-hetero) is 4. The first-order valence-corrected chi connectivity index (χ1v) is 22.7. The van der Waals surface area contributed by atoms with Crippen LogP contribution in [0.1, 0.15) is 68.1 Å². The van der Waals surface area contributed by atoms with Crippen LogP contribution in [0, 0.1) is 23.3 Å². The van der Waals surface area contributed by atoms with Crippen molar-refractivity contribution in [2.45, 2.75) is 18.8 Å². The molecule has 11 rings (SSSR count). The number of hydrogen-bond donors (Lipinski definition) is 0. The first-order valence-electron chi connectivity index (χ1n) is 19.4. The largest absolute Gasteiger partial charge is 0.457 e. The van der Waals surface area contributed by atoms with E-state index in [9.17, 15) is 46.3 Å². The summed E-state index contributed by atoms with van der Waals surface area (Å²) in [5.41, 5.74) is -3.56. The van der Waals surface area contributed by atoms with E-state index in [2.05, 4.69) is 9.97 Å². The molecule has 0 saturated heterocycles. The van der Waals surface area contributed by atoms with Crippen LogP contribution in [0.4, 0.5) is 17.6 Å². The average molecular weight is 961 g/mol. The second-order valence-corrected chi connectivity index (χ2v) is 19.0. The zero-order valence-corrected chi connectivity index (χ0v) is 36.1. The second kappa shape index (κ2) is 15.4. The Morgan fingerprint density at radius 2 is 0.955 bits per heavy atom. The first kappa shape index (κ1) is 41.4. The summed E-state index contributed by atoms with van der Waals surface area (Å²) in [6.45, 7) is -0.596. The number of hydrogen-bond acceptors (Lipinski definition) is 15. The van der Waals surface area contributed by atoms with Crippen molar-refractivity contribution in [1.29, 1.82) is 0 Å². The fraction of sp³-hybridized carbons (Fsp3) is 0.0638. The summed E-state index contributed by atoms with van der Waals surface area (Å²) in [6, 6.07) is 19.9. The highest BCUT2D eigenvalue weighted by molar-refractivity contribution is 7.34. The lowest BCUT2D eigenvalue weighted by Crippen LogP contribution is -2.52. The van der Waals surface area contributed by atoms with Gasteiger partial charge in [0.15, 0.2) is 52.2 Å². The lowest BCUT2D eigenvalue weighted by molar-refractivity contribution is -0.183. The highest BCUT2D eigenvalue weighted by Gasteiger charge is 2.60. The number of benzene rings is 4. The van der Waals surface area contributed by atoms with Gasteiger partial charge in [-0.2, -0.15) is 0 Å². The van der Waals surface area contributed by atoms with Crippen LogP contribution >= 0.6 is 45.3 Å². The lowest BCUT2D eigenvalue weighted by Gasteiger charge is -2.33. The van der Waals surface area contributed by atoms with Crippen molar-refractivity contribution in [3.05, 3.63) is 168 Å². The van der Waals surface area contributed by atoms with Gasteiger partial charge in [0.05, 0.1) is 31.2 Å². The number of rotatable bonds is 8. The maximum Gasteiger partial charge on any atom is 0.367 e. The molecule has 0 saturated carbocycles. The Kier molecular flexibility index (Phi) is 9.66. The number of halogens is 4. The van der Waals surface area contributed by atoms with Crippen molar-refractivity contribution in [2.75, 3.05) is 0 Å². The molecule has 2 aliphatic carbocycles. The molecule has 66 heavy (non-hydrogen) atoms. The topological polar surface area (TPSA) is 156 Å². The number of thiophene rings is 2. The number of esters is 2. The number of ether oxygens (including phenoxy) is 3. The van der Waals surface area contributed by atoms with E-state index in [0.29, 0.717) is 54.7 Å². The summed E-state index contributed by atoms with van der Waals surface area (Å²) in [5, 5.41) is 0.201. The highest BCUT2D eigenvalue weighted by atomic mass is 32.1. The van der Waals surface area contributed by atoms with E-state index in [1.54, 1.807) is 60.7 Å². The SMILES string of the molecule is O=C1C(=Cc2nc3sc4c(c3s2)OC(C(=O)OCc2ccccc2)(C(=O)OCc2ccccc2)c2c-4sc3nc(C=C4C(=O)c5cc(F)c(F)cc5C4=O)sc23)C(=O)c2cc(F)c(F)cc21. The predicted octanol–water partition coefficient (Wildman–Crippen LogP) is 10.3. The Bertz CT molecular complexity index is 3450.